The molecule has 32 heavy (non-hydrogen) atoms. The van der Waals surface area contributed by atoms with Crippen molar-refractivity contribution in [2.45, 2.75) is 11.6 Å². The first-order chi connectivity index (χ1) is 15.8. The fourth-order valence-electron chi connectivity index (χ4n) is 3.88. The van der Waals surface area contributed by atoms with Gasteiger partial charge in [0.25, 0.3) is 0 Å². The van der Waals surface area contributed by atoms with Gasteiger partial charge in [-0.15, -0.1) is 10.2 Å². The molecule has 1 aliphatic heterocycles. The first kappa shape index (κ1) is 20.3. The second kappa shape index (κ2) is 8.84. The standard InChI is InChI=1S/C24H21N5O2S/c1-31-21-11-5-4-10-20(21)29-23(18-8-6-13-25-15-18)26-27-24(29)32-16-22(30)28-14-12-17-7-2-3-9-19(17)28/h2-11,13,15H,12,14,16H2,1H3. The minimum atomic E-state index is 0.0532. The highest BCUT2D eigenvalue weighted by molar-refractivity contribution is 7.99. The molecule has 8 heteroatoms. The van der Waals surface area contributed by atoms with Crippen LogP contribution in [0.2, 0.25) is 0 Å². The van der Waals surface area contributed by atoms with E-state index in [0.29, 0.717) is 23.3 Å². The van der Waals surface area contributed by atoms with Gasteiger partial charge in [-0.3, -0.25) is 14.3 Å². The molecule has 0 atom stereocenters. The van der Waals surface area contributed by atoms with Crippen LogP contribution in [0.4, 0.5) is 5.69 Å². The normalized spacial score (nSPS) is 12.6. The van der Waals surface area contributed by atoms with Gasteiger partial charge in [-0.05, 0) is 42.3 Å². The molecule has 0 aliphatic carbocycles. The van der Waals surface area contributed by atoms with Crippen molar-refractivity contribution in [3.8, 4) is 22.8 Å². The Hall–Kier alpha value is -3.65. The summed E-state index contributed by atoms with van der Waals surface area (Å²) in [5, 5.41) is 9.45. The summed E-state index contributed by atoms with van der Waals surface area (Å²) in [4.78, 5) is 19.1. The average Bonchev–Trinajstić information content (AvgIpc) is 3.47. The molecule has 1 amide bonds. The highest BCUT2D eigenvalue weighted by Crippen LogP contribution is 2.33. The molecule has 1 aliphatic rings. The maximum atomic E-state index is 13.0. The van der Waals surface area contributed by atoms with Gasteiger partial charge in [-0.25, -0.2) is 0 Å². The number of nitrogens with zero attached hydrogens (tertiary/aromatic N) is 5. The van der Waals surface area contributed by atoms with E-state index in [1.165, 1.54) is 17.3 Å². The quantitative estimate of drug-likeness (QED) is 0.419. The predicted octanol–water partition coefficient (Wildman–Crippen LogP) is 4.02. The van der Waals surface area contributed by atoms with Crippen LogP contribution >= 0.6 is 11.8 Å². The second-order valence-electron chi connectivity index (χ2n) is 7.27. The van der Waals surface area contributed by atoms with Crippen molar-refractivity contribution < 1.29 is 9.53 Å². The lowest BCUT2D eigenvalue weighted by molar-refractivity contribution is -0.116. The summed E-state index contributed by atoms with van der Waals surface area (Å²) in [6.07, 6.45) is 4.35. The van der Waals surface area contributed by atoms with Crippen LogP contribution in [-0.2, 0) is 11.2 Å². The monoisotopic (exact) mass is 443 g/mol. The summed E-state index contributed by atoms with van der Waals surface area (Å²) in [5.41, 5.74) is 3.85. The Labute approximate surface area is 190 Å². The number of pyridine rings is 1. The Morgan fingerprint density at radius 1 is 1.03 bits per heavy atom. The minimum Gasteiger partial charge on any atom is -0.495 e. The van der Waals surface area contributed by atoms with Crippen LogP contribution in [-0.4, -0.2) is 45.1 Å². The number of methoxy groups -OCH3 is 1. The zero-order valence-electron chi connectivity index (χ0n) is 17.5. The molecule has 160 valence electrons. The van der Waals surface area contributed by atoms with E-state index in [9.17, 15) is 4.79 Å². The van der Waals surface area contributed by atoms with E-state index in [1.807, 2.05) is 64.1 Å². The topological polar surface area (TPSA) is 73.1 Å². The summed E-state index contributed by atoms with van der Waals surface area (Å²) < 4.78 is 7.51. The molecule has 4 aromatic rings. The smallest absolute Gasteiger partial charge is 0.237 e. The molecule has 2 aromatic heterocycles. The van der Waals surface area contributed by atoms with E-state index in [4.69, 9.17) is 4.74 Å². The van der Waals surface area contributed by atoms with E-state index in [-0.39, 0.29) is 11.7 Å². The highest BCUT2D eigenvalue weighted by atomic mass is 32.2. The summed E-state index contributed by atoms with van der Waals surface area (Å²) >= 11 is 1.37. The third-order valence-electron chi connectivity index (χ3n) is 5.39. The molecule has 0 radical (unpaired) electrons. The molecule has 0 fully saturated rings. The van der Waals surface area contributed by atoms with Crippen LogP contribution in [0.3, 0.4) is 0 Å². The molecule has 2 aromatic carbocycles. The SMILES string of the molecule is COc1ccccc1-n1c(SCC(=O)N2CCc3ccccc32)nnc1-c1cccnc1. The van der Waals surface area contributed by atoms with Gasteiger partial charge in [0.2, 0.25) is 5.91 Å². The molecular weight excluding hydrogens is 422 g/mol. The number of hydrogen-bond acceptors (Lipinski definition) is 6. The summed E-state index contributed by atoms with van der Waals surface area (Å²) in [6.45, 7) is 0.707. The van der Waals surface area contributed by atoms with Crippen molar-refractivity contribution in [2.75, 3.05) is 24.3 Å². The van der Waals surface area contributed by atoms with Crippen LogP contribution in [0.25, 0.3) is 17.1 Å². The van der Waals surface area contributed by atoms with Crippen molar-refractivity contribution in [3.05, 3.63) is 78.6 Å². The van der Waals surface area contributed by atoms with Gasteiger partial charge in [-0.2, -0.15) is 0 Å². The van der Waals surface area contributed by atoms with Crippen molar-refractivity contribution in [1.29, 1.82) is 0 Å². The Balaban J connectivity index is 1.47. The van der Waals surface area contributed by atoms with Crippen molar-refractivity contribution in [2.24, 2.45) is 0 Å². The molecule has 3 heterocycles. The van der Waals surface area contributed by atoms with E-state index < -0.39 is 0 Å². The van der Waals surface area contributed by atoms with Crippen molar-refractivity contribution in [3.63, 3.8) is 0 Å². The molecule has 0 spiro atoms. The molecule has 7 nitrogen and oxygen atoms in total. The maximum absolute atomic E-state index is 13.0. The number of anilines is 1. The second-order valence-corrected chi connectivity index (χ2v) is 8.21. The van der Waals surface area contributed by atoms with Crippen LogP contribution in [0, 0.1) is 0 Å². The van der Waals surface area contributed by atoms with Crippen molar-refractivity contribution >= 4 is 23.4 Å². The first-order valence-electron chi connectivity index (χ1n) is 10.3. The van der Waals surface area contributed by atoms with Gasteiger partial charge in [0, 0.05) is 30.2 Å². The fourth-order valence-corrected chi connectivity index (χ4v) is 4.70. The van der Waals surface area contributed by atoms with Gasteiger partial charge in [-0.1, -0.05) is 42.1 Å². The Morgan fingerprint density at radius 3 is 2.66 bits per heavy atom. The zero-order chi connectivity index (χ0) is 21.9. The molecular formula is C24H21N5O2S. The van der Waals surface area contributed by atoms with Gasteiger partial charge in [0.1, 0.15) is 5.75 Å². The number of fused-ring (bicyclic) bond motifs is 1. The molecule has 0 saturated heterocycles. The Bertz CT molecular complexity index is 1260. The average molecular weight is 444 g/mol. The van der Waals surface area contributed by atoms with Crippen LogP contribution in [0.15, 0.2) is 78.2 Å². The molecule has 0 unspecified atom stereocenters. The fraction of sp³-hybridized carbons (Fsp3) is 0.167. The highest BCUT2D eigenvalue weighted by Gasteiger charge is 2.25. The molecule has 0 bridgehead atoms. The number of para-hydroxylation sites is 3. The number of ether oxygens (including phenoxy) is 1. The number of hydrogen-bond donors (Lipinski definition) is 0. The minimum absolute atomic E-state index is 0.0532. The number of thioether (sulfide) groups is 1. The number of rotatable bonds is 6. The van der Waals surface area contributed by atoms with Gasteiger partial charge in [0.15, 0.2) is 11.0 Å². The number of carbonyl (C=O) groups excluding carboxylic acids is 1. The van der Waals surface area contributed by atoms with Crippen LogP contribution in [0.5, 0.6) is 5.75 Å². The lowest BCUT2D eigenvalue weighted by atomic mass is 10.2. The van der Waals surface area contributed by atoms with Gasteiger partial charge < -0.3 is 9.64 Å². The molecule has 0 saturated carbocycles. The molecule has 5 rings (SSSR count). The molecule has 0 N–H and O–H groups in total. The van der Waals surface area contributed by atoms with E-state index in [1.54, 1.807) is 19.5 Å². The van der Waals surface area contributed by atoms with Crippen molar-refractivity contribution in [1.82, 2.24) is 19.7 Å². The number of aromatic nitrogens is 4. The lowest BCUT2D eigenvalue weighted by Gasteiger charge is -2.17. The number of benzene rings is 2. The van der Waals surface area contributed by atoms with E-state index >= 15 is 0 Å². The largest absolute Gasteiger partial charge is 0.495 e. The van der Waals surface area contributed by atoms with E-state index in [0.717, 1.165) is 23.4 Å². The lowest BCUT2D eigenvalue weighted by Crippen LogP contribution is -2.30. The van der Waals surface area contributed by atoms with Crippen LogP contribution < -0.4 is 9.64 Å². The third kappa shape index (κ3) is 3.73. The number of carbonyl (C=O) groups is 1. The van der Waals surface area contributed by atoms with Gasteiger partial charge in [0.05, 0.1) is 18.6 Å². The summed E-state index contributed by atoms with van der Waals surface area (Å²) in [7, 11) is 1.63. The maximum Gasteiger partial charge on any atom is 0.237 e. The first-order valence-corrected chi connectivity index (χ1v) is 11.2. The van der Waals surface area contributed by atoms with Gasteiger partial charge >= 0.3 is 0 Å². The Kier molecular flexibility index (Phi) is 5.60. The third-order valence-corrected chi connectivity index (χ3v) is 6.31. The summed E-state index contributed by atoms with van der Waals surface area (Å²) in [6, 6.07) is 19.5. The predicted molar refractivity (Wildman–Crippen MR) is 124 cm³/mol. The summed E-state index contributed by atoms with van der Waals surface area (Å²) in [5.74, 6) is 1.65. The van der Waals surface area contributed by atoms with Crippen LogP contribution in [0.1, 0.15) is 5.56 Å². The Morgan fingerprint density at radius 2 is 1.84 bits per heavy atom. The number of amides is 1. The zero-order valence-corrected chi connectivity index (χ0v) is 18.3. The van der Waals surface area contributed by atoms with E-state index in [2.05, 4.69) is 21.2 Å².